The Morgan fingerprint density at radius 2 is 1.50 bits per heavy atom. The van der Waals surface area contributed by atoms with E-state index in [-0.39, 0.29) is 20.8 Å². The Labute approximate surface area is 203 Å². The average molecular weight is 495 g/mol. The van der Waals surface area contributed by atoms with Crippen LogP contribution in [0, 0.1) is 17.8 Å². The van der Waals surface area contributed by atoms with E-state index in [0.717, 1.165) is 29.1 Å². The van der Waals surface area contributed by atoms with Crippen molar-refractivity contribution in [2.24, 2.45) is 17.8 Å². The van der Waals surface area contributed by atoms with Gasteiger partial charge in [-0.25, -0.2) is 0 Å². The summed E-state index contributed by atoms with van der Waals surface area (Å²) in [6.07, 6.45) is 8.00. The van der Waals surface area contributed by atoms with Crippen molar-refractivity contribution in [2.75, 3.05) is 10.0 Å². The van der Waals surface area contributed by atoms with E-state index in [2.05, 4.69) is 32.4 Å². The summed E-state index contributed by atoms with van der Waals surface area (Å²) in [5.74, 6) is 2.21. The predicted molar refractivity (Wildman–Crippen MR) is 131 cm³/mol. The Morgan fingerprint density at radius 3 is 2.12 bits per heavy atom. The second-order valence-corrected chi connectivity index (χ2v) is 12.9. The fourth-order valence-electron chi connectivity index (χ4n) is 6.68. The Bertz CT molecular complexity index is 1280. The first-order valence-corrected chi connectivity index (χ1v) is 14.0. The standard InChI is InChI=1S/C25H26N4O3S2/c30-22(19-4-2-1-3-5-19)26-23-27-28-24(33-23)34(31,32)29-21-8-6-20(7-9-21)25-13-16-10-17(14-25)12-18(11-16)15-25/h1-9,16-18,29H,10-15H2,(H,26,27,30). The van der Waals surface area contributed by atoms with Crippen LogP contribution in [0.3, 0.4) is 0 Å². The smallest absolute Gasteiger partial charge is 0.291 e. The molecule has 1 heterocycles. The summed E-state index contributed by atoms with van der Waals surface area (Å²) in [7, 11) is -3.91. The molecule has 1 aromatic heterocycles. The largest absolute Gasteiger partial charge is 0.296 e. The van der Waals surface area contributed by atoms with E-state index in [4.69, 9.17) is 0 Å². The molecule has 4 saturated carbocycles. The van der Waals surface area contributed by atoms with Crippen molar-refractivity contribution >= 4 is 38.1 Å². The van der Waals surface area contributed by atoms with Crippen LogP contribution in [0.2, 0.25) is 0 Å². The van der Waals surface area contributed by atoms with E-state index in [1.54, 1.807) is 24.3 Å². The highest BCUT2D eigenvalue weighted by Gasteiger charge is 2.51. The quantitative estimate of drug-likeness (QED) is 0.467. The van der Waals surface area contributed by atoms with Crippen molar-refractivity contribution < 1.29 is 13.2 Å². The molecule has 3 aromatic rings. The second-order valence-electron chi connectivity index (χ2n) is 10.1. The molecule has 176 valence electrons. The van der Waals surface area contributed by atoms with Gasteiger partial charge in [0, 0.05) is 11.3 Å². The summed E-state index contributed by atoms with van der Waals surface area (Å²) < 4.78 is 28.1. The SMILES string of the molecule is O=C(Nc1nnc(S(=O)(=O)Nc2ccc(C34CC5CC(CC(C5)C3)C4)cc2)s1)c1ccccc1. The third-order valence-electron chi connectivity index (χ3n) is 7.68. The number of aromatic nitrogens is 2. The van der Waals surface area contributed by atoms with Gasteiger partial charge in [0.05, 0.1) is 0 Å². The molecule has 0 aliphatic heterocycles. The molecular formula is C25H26N4O3S2. The number of hydrogen-bond donors (Lipinski definition) is 2. The van der Waals surface area contributed by atoms with Crippen LogP contribution in [0.15, 0.2) is 58.9 Å². The van der Waals surface area contributed by atoms with Gasteiger partial charge in [-0.3, -0.25) is 14.8 Å². The summed E-state index contributed by atoms with van der Waals surface area (Å²) in [5.41, 5.74) is 2.58. The van der Waals surface area contributed by atoms with Gasteiger partial charge in [-0.15, -0.1) is 10.2 Å². The van der Waals surface area contributed by atoms with Crippen LogP contribution in [-0.2, 0) is 15.4 Å². The van der Waals surface area contributed by atoms with Gasteiger partial charge in [0.1, 0.15) is 0 Å². The number of nitrogens with one attached hydrogen (secondary N) is 2. The zero-order chi connectivity index (χ0) is 23.3. The van der Waals surface area contributed by atoms with Crippen molar-refractivity contribution in [1.29, 1.82) is 0 Å². The maximum atomic E-state index is 12.9. The summed E-state index contributed by atoms with van der Waals surface area (Å²) in [5, 5.41) is 10.3. The molecule has 9 heteroatoms. The molecule has 2 aromatic carbocycles. The third kappa shape index (κ3) is 4.01. The lowest BCUT2D eigenvalue weighted by atomic mass is 9.48. The molecular weight excluding hydrogens is 468 g/mol. The van der Waals surface area contributed by atoms with Crippen molar-refractivity contribution in [3.8, 4) is 0 Å². The first-order valence-electron chi connectivity index (χ1n) is 11.7. The lowest BCUT2D eigenvalue weighted by Gasteiger charge is -2.57. The number of benzene rings is 2. The summed E-state index contributed by atoms with van der Waals surface area (Å²) in [6.45, 7) is 0. The molecule has 7 rings (SSSR count). The number of carbonyl (C=O) groups is 1. The van der Waals surface area contributed by atoms with Gasteiger partial charge in [0.15, 0.2) is 0 Å². The van der Waals surface area contributed by atoms with Gasteiger partial charge in [0.2, 0.25) is 5.13 Å². The van der Waals surface area contributed by atoms with E-state index in [9.17, 15) is 13.2 Å². The fourth-order valence-corrected chi connectivity index (χ4v) is 8.64. The second kappa shape index (κ2) is 8.16. The molecule has 0 radical (unpaired) electrons. The minimum Gasteiger partial charge on any atom is -0.296 e. The van der Waals surface area contributed by atoms with E-state index in [1.165, 1.54) is 44.1 Å². The third-order valence-corrected chi connectivity index (χ3v) is 10.3. The van der Waals surface area contributed by atoms with Crippen molar-refractivity contribution in [3.05, 3.63) is 65.7 Å². The zero-order valence-corrected chi connectivity index (χ0v) is 20.2. The molecule has 0 spiro atoms. The molecule has 2 N–H and O–H groups in total. The van der Waals surface area contributed by atoms with Crippen molar-refractivity contribution in [2.45, 2.75) is 48.3 Å². The monoisotopic (exact) mass is 494 g/mol. The first-order chi connectivity index (χ1) is 16.4. The highest BCUT2D eigenvalue weighted by molar-refractivity contribution is 7.94. The Morgan fingerprint density at radius 1 is 0.882 bits per heavy atom. The number of rotatable bonds is 6. The van der Waals surface area contributed by atoms with E-state index in [0.29, 0.717) is 11.3 Å². The van der Waals surface area contributed by atoms with Crippen LogP contribution in [-0.4, -0.2) is 24.5 Å². The molecule has 7 nitrogen and oxygen atoms in total. The van der Waals surface area contributed by atoms with E-state index >= 15 is 0 Å². The summed E-state index contributed by atoms with van der Waals surface area (Å²) in [4.78, 5) is 12.3. The highest BCUT2D eigenvalue weighted by atomic mass is 32.2. The topological polar surface area (TPSA) is 101 Å². The Kier molecular flexibility index (Phi) is 5.22. The average Bonchev–Trinajstić information content (AvgIpc) is 3.28. The molecule has 0 saturated heterocycles. The summed E-state index contributed by atoms with van der Waals surface area (Å²) >= 11 is 0.819. The number of hydrogen-bond acceptors (Lipinski definition) is 6. The number of nitrogens with zero attached hydrogens (tertiary/aromatic N) is 2. The maximum Gasteiger partial charge on any atom is 0.291 e. The number of carbonyl (C=O) groups excluding carboxylic acids is 1. The molecule has 0 unspecified atom stereocenters. The molecule has 4 fully saturated rings. The van der Waals surface area contributed by atoms with Crippen LogP contribution in [0.1, 0.15) is 54.4 Å². The van der Waals surface area contributed by atoms with Gasteiger partial charge in [-0.1, -0.05) is 41.7 Å². The Balaban J connectivity index is 1.15. The number of amides is 1. The maximum absolute atomic E-state index is 12.9. The lowest BCUT2D eigenvalue weighted by Crippen LogP contribution is -2.48. The minimum atomic E-state index is -3.91. The fraction of sp³-hybridized carbons (Fsp3) is 0.400. The van der Waals surface area contributed by atoms with E-state index < -0.39 is 10.0 Å². The molecule has 4 aliphatic rings. The normalized spacial score (nSPS) is 27.5. The number of anilines is 2. The van der Waals surface area contributed by atoms with Gasteiger partial charge in [-0.05, 0) is 91.5 Å². The molecule has 4 aliphatic carbocycles. The minimum absolute atomic E-state index is 0.131. The predicted octanol–water partition coefficient (Wildman–Crippen LogP) is 5.06. The lowest BCUT2D eigenvalue weighted by molar-refractivity contribution is -0.00518. The van der Waals surface area contributed by atoms with Gasteiger partial charge < -0.3 is 0 Å². The van der Waals surface area contributed by atoms with Crippen LogP contribution in [0.5, 0.6) is 0 Å². The van der Waals surface area contributed by atoms with Crippen molar-refractivity contribution in [1.82, 2.24) is 10.2 Å². The molecule has 0 atom stereocenters. The molecule has 4 bridgehead atoms. The van der Waals surface area contributed by atoms with Crippen molar-refractivity contribution in [3.63, 3.8) is 0 Å². The number of sulfonamides is 1. The summed E-state index contributed by atoms with van der Waals surface area (Å²) in [6, 6.07) is 16.5. The van der Waals surface area contributed by atoms with Crippen LogP contribution >= 0.6 is 11.3 Å². The molecule has 1 amide bonds. The zero-order valence-electron chi connectivity index (χ0n) is 18.6. The van der Waals surface area contributed by atoms with Gasteiger partial charge in [0.25, 0.3) is 20.3 Å². The highest BCUT2D eigenvalue weighted by Crippen LogP contribution is 2.60. The first kappa shape index (κ1) is 21.7. The van der Waals surface area contributed by atoms with Gasteiger partial charge >= 0.3 is 0 Å². The van der Waals surface area contributed by atoms with Crippen LogP contribution in [0.25, 0.3) is 0 Å². The van der Waals surface area contributed by atoms with Gasteiger partial charge in [-0.2, -0.15) is 8.42 Å². The Hall–Kier alpha value is -2.78. The van der Waals surface area contributed by atoms with Crippen LogP contribution < -0.4 is 10.0 Å². The van der Waals surface area contributed by atoms with Crippen LogP contribution in [0.4, 0.5) is 10.8 Å². The molecule has 34 heavy (non-hydrogen) atoms. The van der Waals surface area contributed by atoms with E-state index in [1.807, 2.05) is 18.2 Å².